The Morgan fingerprint density at radius 3 is 2.76 bits per heavy atom. The minimum Gasteiger partial charge on any atom is -0.467 e. The molecular formula is C15H13N3O3. The molecule has 1 N–H and O–H groups in total. The maximum Gasteiger partial charge on any atom is 0.293 e. The van der Waals surface area contributed by atoms with Crippen molar-refractivity contribution in [1.82, 2.24) is 15.5 Å². The van der Waals surface area contributed by atoms with E-state index in [0.29, 0.717) is 11.7 Å². The number of amides is 1. The van der Waals surface area contributed by atoms with Crippen molar-refractivity contribution in [3.63, 3.8) is 0 Å². The summed E-state index contributed by atoms with van der Waals surface area (Å²) < 4.78 is 10.2. The van der Waals surface area contributed by atoms with Crippen LogP contribution in [0.1, 0.15) is 21.9 Å². The van der Waals surface area contributed by atoms with Crippen LogP contribution >= 0.6 is 0 Å². The van der Waals surface area contributed by atoms with Crippen LogP contribution in [-0.4, -0.2) is 16.0 Å². The van der Waals surface area contributed by atoms with Gasteiger partial charge in [0, 0.05) is 5.56 Å². The number of furan rings is 1. The average molecular weight is 283 g/mol. The summed E-state index contributed by atoms with van der Waals surface area (Å²) in [5.41, 5.74) is 1.91. The van der Waals surface area contributed by atoms with Crippen molar-refractivity contribution >= 4 is 5.91 Å². The Labute approximate surface area is 120 Å². The number of nitrogens with one attached hydrogen (secondary N) is 1. The highest BCUT2D eigenvalue weighted by Gasteiger charge is 2.15. The molecule has 6 heteroatoms. The van der Waals surface area contributed by atoms with E-state index in [-0.39, 0.29) is 12.4 Å². The van der Waals surface area contributed by atoms with Gasteiger partial charge < -0.3 is 14.3 Å². The number of hydrogen-bond donors (Lipinski definition) is 1. The maximum absolute atomic E-state index is 11.9. The van der Waals surface area contributed by atoms with E-state index in [4.69, 9.17) is 8.94 Å². The lowest BCUT2D eigenvalue weighted by Gasteiger charge is -1.98. The highest BCUT2D eigenvalue weighted by atomic mass is 16.5. The number of aromatic nitrogens is 2. The van der Waals surface area contributed by atoms with Crippen molar-refractivity contribution in [1.29, 1.82) is 0 Å². The molecule has 0 unspecified atom stereocenters. The van der Waals surface area contributed by atoms with E-state index in [1.807, 2.05) is 31.2 Å². The smallest absolute Gasteiger partial charge is 0.293 e. The minimum absolute atomic E-state index is 0.00266. The first kappa shape index (κ1) is 13.1. The summed E-state index contributed by atoms with van der Waals surface area (Å²) in [6.45, 7) is 2.27. The average Bonchev–Trinajstić information content (AvgIpc) is 3.17. The van der Waals surface area contributed by atoms with Crippen LogP contribution in [0.3, 0.4) is 0 Å². The van der Waals surface area contributed by atoms with Crippen LogP contribution in [0.5, 0.6) is 0 Å². The normalized spacial score (nSPS) is 10.5. The molecule has 0 aliphatic heterocycles. The number of hydrogen-bond acceptors (Lipinski definition) is 5. The number of rotatable bonds is 4. The molecule has 0 aliphatic rings. The predicted molar refractivity (Wildman–Crippen MR) is 74.3 cm³/mol. The first-order valence-electron chi connectivity index (χ1n) is 6.44. The van der Waals surface area contributed by atoms with Crippen LogP contribution < -0.4 is 5.32 Å². The predicted octanol–water partition coefficient (Wildman–Crippen LogP) is 2.57. The summed E-state index contributed by atoms with van der Waals surface area (Å²) in [5, 5.41) is 6.34. The SMILES string of the molecule is Cc1ccc(-c2nc(C(=O)NCc3ccco3)no2)cc1. The molecule has 0 aliphatic carbocycles. The van der Waals surface area contributed by atoms with E-state index in [9.17, 15) is 4.79 Å². The Balaban J connectivity index is 1.69. The minimum atomic E-state index is -0.409. The summed E-state index contributed by atoms with van der Waals surface area (Å²) in [6, 6.07) is 11.1. The Morgan fingerprint density at radius 2 is 2.05 bits per heavy atom. The number of aryl methyl sites for hydroxylation is 1. The van der Waals surface area contributed by atoms with Gasteiger partial charge in [0.1, 0.15) is 5.76 Å². The van der Waals surface area contributed by atoms with Gasteiger partial charge >= 0.3 is 0 Å². The molecule has 2 heterocycles. The van der Waals surface area contributed by atoms with E-state index >= 15 is 0 Å². The van der Waals surface area contributed by atoms with Crippen LogP contribution in [0.25, 0.3) is 11.5 Å². The number of carbonyl (C=O) groups excluding carboxylic acids is 1. The monoisotopic (exact) mass is 283 g/mol. The van der Waals surface area contributed by atoms with Gasteiger partial charge in [0.2, 0.25) is 0 Å². The topological polar surface area (TPSA) is 81.2 Å². The van der Waals surface area contributed by atoms with Gasteiger partial charge in [-0.2, -0.15) is 4.98 Å². The first-order valence-corrected chi connectivity index (χ1v) is 6.44. The molecule has 0 fully saturated rings. The molecule has 2 aromatic heterocycles. The molecule has 3 rings (SSSR count). The van der Waals surface area contributed by atoms with Gasteiger partial charge in [-0.25, -0.2) is 0 Å². The Hall–Kier alpha value is -2.89. The lowest BCUT2D eigenvalue weighted by Crippen LogP contribution is -2.23. The summed E-state index contributed by atoms with van der Waals surface area (Å²) in [7, 11) is 0. The van der Waals surface area contributed by atoms with Gasteiger partial charge in [-0.05, 0) is 31.2 Å². The van der Waals surface area contributed by atoms with Crippen LogP contribution in [0, 0.1) is 6.92 Å². The lowest BCUT2D eigenvalue weighted by molar-refractivity contribution is 0.0934. The van der Waals surface area contributed by atoms with E-state index in [1.54, 1.807) is 18.4 Å². The zero-order valence-corrected chi connectivity index (χ0v) is 11.4. The first-order chi connectivity index (χ1) is 10.2. The second kappa shape index (κ2) is 5.62. The van der Waals surface area contributed by atoms with Gasteiger partial charge in [0.25, 0.3) is 17.6 Å². The van der Waals surface area contributed by atoms with Crippen molar-refractivity contribution in [2.45, 2.75) is 13.5 Å². The summed E-state index contributed by atoms with van der Waals surface area (Å²) in [4.78, 5) is 16.0. The van der Waals surface area contributed by atoms with Crippen LogP contribution in [0.2, 0.25) is 0 Å². The molecule has 1 aromatic carbocycles. The third-order valence-electron chi connectivity index (χ3n) is 2.93. The maximum atomic E-state index is 11.9. The third-order valence-corrected chi connectivity index (χ3v) is 2.93. The molecule has 0 saturated heterocycles. The Bertz CT molecular complexity index is 730. The molecule has 6 nitrogen and oxygen atoms in total. The molecule has 0 atom stereocenters. The number of benzene rings is 1. The highest BCUT2D eigenvalue weighted by molar-refractivity contribution is 5.90. The highest BCUT2D eigenvalue weighted by Crippen LogP contribution is 2.17. The third kappa shape index (κ3) is 3.00. The van der Waals surface area contributed by atoms with Crippen molar-refractivity contribution in [3.8, 4) is 11.5 Å². The summed E-state index contributed by atoms with van der Waals surface area (Å²) in [6.07, 6.45) is 1.55. The van der Waals surface area contributed by atoms with Crippen LogP contribution in [0.4, 0.5) is 0 Å². The molecule has 0 radical (unpaired) electrons. The zero-order chi connectivity index (χ0) is 14.7. The Kier molecular flexibility index (Phi) is 3.51. The molecule has 0 bridgehead atoms. The van der Waals surface area contributed by atoms with Crippen LogP contribution in [0.15, 0.2) is 51.6 Å². The molecule has 1 amide bonds. The molecular weight excluding hydrogens is 270 g/mol. The van der Waals surface area contributed by atoms with Gasteiger partial charge in [-0.3, -0.25) is 4.79 Å². The van der Waals surface area contributed by atoms with E-state index < -0.39 is 5.91 Å². The van der Waals surface area contributed by atoms with E-state index in [1.165, 1.54) is 0 Å². The number of nitrogens with zero attached hydrogens (tertiary/aromatic N) is 2. The fraction of sp³-hybridized carbons (Fsp3) is 0.133. The standard InChI is InChI=1S/C15H13N3O3/c1-10-4-6-11(7-5-10)15-17-13(18-21-15)14(19)16-9-12-3-2-8-20-12/h2-8H,9H2,1H3,(H,16,19). The summed E-state index contributed by atoms with van der Waals surface area (Å²) >= 11 is 0. The number of carbonyl (C=O) groups is 1. The molecule has 0 saturated carbocycles. The Morgan fingerprint density at radius 1 is 1.24 bits per heavy atom. The molecule has 3 aromatic rings. The molecule has 106 valence electrons. The largest absolute Gasteiger partial charge is 0.467 e. The van der Waals surface area contributed by atoms with Crippen molar-refractivity contribution in [2.24, 2.45) is 0 Å². The quantitative estimate of drug-likeness (QED) is 0.795. The van der Waals surface area contributed by atoms with Crippen molar-refractivity contribution in [3.05, 3.63) is 59.8 Å². The van der Waals surface area contributed by atoms with E-state index in [0.717, 1.165) is 11.1 Å². The van der Waals surface area contributed by atoms with Crippen LogP contribution in [-0.2, 0) is 6.54 Å². The fourth-order valence-electron chi connectivity index (χ4n) is 1.79. The van der Waals surface area contributed by atoms with Gasteiger partial charge in [-0.1, -0.05) is 22.9 Å². The van der Waals surface area contributed by atoms with Gasteiger partial charge in [-0.15, -0.1) is 0 Å². The van der Waals surface area contributed by atoms with Crippen molar-refractivity contribution < 1.29 is 13.7 Å². The second-order valence-electron chi connectivity index (χ2n) is 4.55. The van der Waals surface area contributed by atoms with E-state index in [2.05, 4.69) is 15.5 Å². The van der Waals surface area contributed by atoms with Gasteiger partial charge in [0.15, 0.2) is 0 Å². The van der Waals surface area contributed by atoms with Gasteiger partial charge in [0.05, 0.1) is 12.8 Å². The second-order valence-corrected chi connectivity index (χ2v) is 4.55. The summed E-state index contributed by atoms with van der Waals surface area (Å²) in [5.74, 6) is 0.564. The molecule has 21 heavy (non-hydrogen) atoms. The zero-order valence-electron chi connectivity index (χ0n) is 11.4. The lowest BCUT2D eigenvalue weighted by atomic mass is 10.1. The van der Waals surface area contributed by atoms with Crippen molar-refractivity contribution in [2.75, 3.05) is 0 Å². The fourth-order valence-corrected chi connectivity index (χ4v) is 1.79. The molecule has 0 spiro atoms.